The third-order valence-corrected chi connectivity index (χ3v) is 4.88. The average molecular weight is 375 g/mol. The lowest BCUT2D eigenvalue weighted by Crippen LogP contribution is -2.23. The molecule has 7 nitrogen and oxygen atoms in total. The van der Waals surface area contributed by atoms with Gasteiger partial charge >= 0.3 is 0 Å². The van der Waals surface area contributed by atoms with Crippen LogP contribution >= 0.6 is 15.9 Å². The van der Waals surface area contributed by atoms with Crippen molar-refractivity contribution in [3.05, 3.63) is 40.3 Å². The molecule has 2 heterocycles. The Morgan fingerprint density at radius 3 is 2.67 bits per heavy atom. The minimum Gasteiger partial charge on any atom is -0.452 e. The summed E-state index contributed by atoms with van der Waals surface area (Å²) in [4.78, 5) is 8.23. The van der Waals surface area contributed by atoms with E-state index in [9.17, 15) is 8.42 Å². The van der Waals surface area contributed by atoms with Crippen molar-refractivity contribution in [1.82, 2.24) is 20.0 Å². The summed E-state index contributed by atoms with van der Waals surface area (Å²) in [6, 6.07) is 1.48. The van der Waals surface area contributed by atoms with E-state index >= 15 is 0 Å². The highest BCUT2D eigenvalue weighted by molar-refractivity contribution is 9.10. The maximum Gasteiger partial charge on any atom is 0.245 e. The summed E-state index contributed by atoms with van der Waals surface area (Å²) in [7, 11) is -1.93. The summed E-state index contributed by atoms with van der Waals surface area (Å²) in [6.07, 6.45) is 3.12. The Kier molecular flexibility index (Phi) is 5.09. The maximum atomic E-state index is 12.2. The molecule has 2 aromatic heterocycles. The first kappa shape index (κ1) is 16.1. The van der Waals surface area contributed by atoms with Crippen LogP contribution in [0.4, 0.5) is 0 Å². The van der Waals surface area contributed by atoms with E-state index in [1.165, 1.54) is 12.3 Å². The van der Waals surface area contributed by atoms with Gasteiger partial charge in [0.2, 0.25) is 10.0 Å². The first-order valence-corrected chi connectivity index (χ1v) is 8.40. The first-order valence-electron chi connectivity index (χ1n) is 6.12. The van der Waals surface area contributed by atoms with Crippen molar-refractivity contribution in [2.45, 2.75) is 24.9 Å². The number of hydrogen-bond acceptors (Lipinski definition) is 6. The van der Waals surface area contributed by atoms with Gasteiger partial charge in [0.1, 0.15) is 10.7 Å². The molecule has 0 aromatic carbocycles. The van der Waals surface area contributed by atoms with Crippen molar-refractivity contribution >= 4 is 26.0 Å². The molecule has 0 saturated heterocycles. The lowest BCUT2D eigenvalue weighted by Gasteiger charge is -2.04. The molecule has 2 rings (SSSR count). The Hall–Kier alpha value is -1.29. The van der Waals surface area contributed by atoms with Gasteiger partial charge < -0.3 is 9.73 Å². The molecule has 21 heavy (non-hydrogen) atoms. The lowest BCUT2D eigenvalue weighted by atomic mass is 10.4. The molecule has 0 aliphatic heterocycles. The molecule has 0 aliphatic rings. The number of nitrogens with one attached hydrogen (secondary N) is 2. The predicted molar refractivity (Wildman–Crippen MR) is 80.0 cm³/mol. The standard InChI is InChI=1S/C12H15BrN4O3S/c1-8-4-16-9(5-15-8)6-17-21(18,19)11-3-10(7-14-2)20-12(11)13/h3-5,14,17H,6-7H2,1-2H3. The zero-order chi connectivity index (χ0) is 15.5. The van der Waals surface area contributed by atoms with Crippen molar-refractivity contribution in [1.29, 1.82) is 0 Å². The topological polar surface area (TPSA) is 97.1 Å². The molecule has 2 N–H and O–H groups in total. The largest absolute Gasteiger partial charge is 0.452 e. The van der Waals surface area contributed by atoms with Crippen LogP contribution in [-0.4, -0.2) is 25.4 Å². The number of furan rings is 1. The first-order chi connectivity index (χ1) is 9.92. The van der Waals surface area contributed by atoms with Crippen LogP contribution in [0.15, 0.2) is 32.4 Å². The molecule has 0 unspecified atom stereocenters. The second-order valence-corrected chi connectivity index (χ2v) is 6.81. The van der Waals surface area contributed by atoms with Gasteiger partial charge in [-0.3, -0.25) is 9.97 Å². The number of sulfonamides is 1. The second-order valence-electron chi connectivity index (χ2n) is 4.35. The van der Waals surface area contributed by atoms with Gasteiger partial charge in [-0.05, 0) is 29.9 Å². The molecule has 0 aliphatic carbocycles. The van der Waals surface area contributed by atoms with Gasteiger partial charge in [0.15, 0.2) is 4.67 Å². The normalized spacial score (nSPS) is 11.8. The summed E-state index contributed by atoms with van der Waals surface area (Å²) >= 11 is 3.12. The molecule has 0 fully saturated rings. The molecule has 0 atom stereocenters. The third kappa shape index (κ3) is 4.10. The quantitative estimate of drug-likeness (QED) is 0.791. The van der Waals surface area contributed by atoms with Crippen molar-refractivity contribution < 1.29 is 12.8 Å². The molecule has 114 valence electrons. The Labute approximate surface area is 131 Å². The van der Waals surface area contributed by atoms with E-state index in [1.54, 1.807) is 13.2 Å². The molecular weight excluding hydrogens is 360 g/mol. The molecule has 0 spiro atoms. The van der Waals surface area contributed by atoms with Gasteiger partial charge in [-0.25, -0.2) is 13.1 Å². The van der Waals surface area contributed by atoms with E-state index in [2.05, 4.69) is 35.9 Å². The minimum absolute atomic E-state index is 0.0628. The van der Waals surface area contributed by atoms with Crippen LogP contribution in [0.2, 0.25) is 0 Å². The highest BCUT2D eigenvalue weighted by Crippen LogP contribution is 2.26. The second kappa shape index (κ2) is 6.65. The van der Waals surface area contributed by atoms with Crippen LogP contribution in [0.1, 0.15) is 17.1 Å². The van der Waals surface area contributed by atoms with Crippen LogP contribution < -0.4 is 10.0 Å². The van der Waals surface area contributed by atoms with E-state index in [-0.39, 0.29) is 16.1 Å². The molecule has 9 heteroatoms. The van der Waals surface area contributed by atoms with Crippen molar-refractivity contribution in [2.24, 2.45) is 0 Å². The Bertz CT molecular complexity index is 713. The van der Waals surface area contributed by atoms with Gasteiger partial charge in [-0.1, -0.05) is 0 Å². The zero-order valence-electron chi connectivity index (χ0n) is 11.6. The highest BCUT2D eigenvalue weighted by Gasteiger charge is 2.22. The summed E-state index contributed by atoms with van der Waals surface area (Å²) in [5, 5.41) is 2.89. The van der Waals surface area contributed by atoms with Gasteiger partial charge in [-0.2, -0.15) is 0 Å². The molecule has 2 aromatic rings. The highest BCUT2D eigenvalue weighted by atomic mass is 79.9. The number of hydrogen-bond donors (Lipinski definition) is 2. The average Bonchev–Trinajstić information content (AvgIpc) is 2.80. The summed E-state index contributed by atoms with van der Waals surface area (Å²) < 4.78 is 32.4. The SMILES string of the molecule is CNCc1cc(S(=O)(=O)NCc2cnc(C)cn2)c(Br)o1. The van der Waals surface area contributed by atoms with E-state index in [0.717, 1.165) is 5.69 Å². The summed E-state index contributed by atoms with van der Waals surface area (Å²) in [6.45, 7) is 2.32. The van der Waals surface area contributed by atoms with E-state index in [0.29, 0.717) is 18.0 Å². The van der Waals surface area contributed by atoms with Gasteiger partial charge in [-0.15, -0.1) is 0 Å². The molecule has 0 amide bonds. The molecular formula is C12H15BrN4O3S. The fraction of sp³-hybridized carbons (Fsp3) is 0.333. The molecule has 0 radical (unpaired) electrons. The lowest BCUT2D eigenvalue weighted by molar-refractivity contribution is 0.470. The number of rotatable bonds is 6. The van der Waals surface area contributed by atoms with Crippen LogP contribution in [0.25, 0.3) is 0 Å². The summed E-state index contributed by atoms with van der Waals surface area (Å²) in [5.41, 5.74) is 1.31. The molecule has 0 saturated carbocycles. The van der Waals surface area contributed by atoms with Crippen LogP contribution in [0, 0.1) is 6.92 Å². The molecule has 0 bridgehead atoms. The van der Waals surface area contributed by atoms with E-state index in [4.69, 9.17) is 4.42 Å². The minimum atomic E-state index is -3.68. The predicted octanol–water partition coefficient (Wildman–Crippen LogP) is 1.34. The monoisotopic (exact) mass is 374 g/mol. The van der Waals surface area contributed by atoms with Crippen molar-refractivity contribution in [3.63, 3.8) is 0 Å². The third-order valence-electron chi connectivity index (χ3n) is 2.62. The van der Waals surface area contributed by atoms with Crippen molar-refractivity contribution in [3.8, 4) is 0 Å². The number of nitrogens with zero attached hydrogens (tertiary/aromatic N) is 2. The number of halogens is 1. The van der Waals surface area contributed by atoms with Gasteiger partial charge in [0.05, 0.1) is 30.7 Å². The van der Waals surface area contributed by atoms with E-state index < -0.39 is 10.0 Å². The Morgan fingerprint density at radius 1 is 1.29 bits per heavy atom. The smallest absolute Gasteiger partial charge is 0.245 e. The maximum absolute atomic E-state index is 12.2. The number of aromatic nitrogens is 2. The summed E-state index contributed by atoms with van der Waals surface area (Å²) in [5.74, 6) is 0.528. The van der Waals surface area contributed by atoms with Gasteiger partial charge in [0, 0.05) is 12.3 Å². The zero-order valence-corrected chi connectivity index (χ0v) is 14.0. The van der Waals surface area contributed by atoms with Crippen molar-refractivity contribution in [2.75, 3.05) is 7.05 Å². The van der Waals surface area contributed by atoms with Crippen LogP contribution in [0.5, 0.6) is 0 Å². The van der Waals surface area contributed by atoms with Crippen LogP contribution in [-0.2, 0) is 23.1 Å². The Morgan fingerprint density at radius 2 is 2.05 bits per heavy atom. The number of aryl methyl sites for hydroxylation is 1. The fourth-order valence-electron chi connectivity index (χ4n) is 1.60. The van der Waals surface area contributed by atoms with E-state index in [1.807, 2.05) is 6.92 Å². The Balaban J connectivity index is 2.12. The van der Waals surface area contributed by atoms with Crippen LogP contribution in [0.3, 0.4) is 0 Å². The fourth-order valence-corrected chi connectivity index (χ4v) is 3.59. The van der Waals surface area contributed by atoms with Gasteiger partial charge in [0.25, 0.3) is 0 Å².